The van der Waals surface area contributed by atoms with E-state index in [1.54, 1.807) is 31.3 Å². The molecule has 5 heteroatoms. The van der Waals surface area contributed by atoms with Gasteiger partial charge in [-0.05, 0) is 25.0 Å². The number of amides is 1. The van der Waals surface area contributed by atoms with Gasteiger partial charge >= 0.3 is 0 Å². The van der Waals surface area contributed by atoms with Crippen LogP contribution < -0.4 is 4.90 Å². The lowest BCUT2D eigenvalue weighted by atomic mass is 9.97. The highest BCUT2D eigenvalue weighted by Crippen LogP contribution is 2.22. The summed E-state index contributed by atoms with van der Waals surface area (Å²) in [7, 11) is 3.59. The minimum absolute atomic E-state index is 0.0428. The number of pyridine rings is 1. The Hall–Kier alpha value is -2.09. The van der Waals surface area contributed by atoms with Crippen molar-refractivity contribution >= 4 is 11.7 Å². The second-order valence-electron chi connectivity index (χ2n) is 5.03. The molecular formula is C14H18N4O. The zero-order valence-electron chi connectivity index (χ0n) is 11.3. The highest BCUT2D eigenvalue weighted by molar-refractivity contribution is 5.79. The van der Waals surface area contributed by atoms with Crippen LogP contribution in [0.5, 0.6) is 0 Å². The lowest BCUT2D eigenvalue weighted by Crippen LogP contribution is -2.43. The highest BCUT2D eigenvalue weighted by Gasteiger charge is 2.27. The SMILES string of the molecule is CN(C)C(=O)C1CCCN(c2ccc(C#N)cn2)C1. The van der Waals surface area contributed by atoms with Gasteiger partial charge in [0.1, 0.15) is 11.9 Å². The average molecular weight is 258 g/mol. The number of aromatic nitrogens is 1. The van der Waals surface area contributed by atoms with Crippen LogP contribution in [-0.2, 0) is 4.79 Å². The lowest BCUT2D eigenvalue weighted by molar-refractivity contribution is -0.133. The fourth-order valence-corrected chi connectivity index (χ4v) is 2.39. The van der Waals surface area contributed by atoms with Crippen LogP contribution in [0.25, 0.3) is 0 Å². The molecule has 0 aliphatic carbocycles. The number of nitriles is 1. The molecule has 1 unspecified atom stereocenters. The number of hydrogen-bond donors (Lipinski definition) is 0. The predicted octanol–water partition coefficient (Wildman–Crippen LogP) is 1.26. The fraction of sp³-hybridized carbons (Fsp3) is 0.500. The zero-order valence-corrected chi connectivity index (χ0v) is 11.3. The molecule has 1 aromatic rings. The summed E-state index contributed by atoms with van der Waals surface area (Å²) in [4.78, 5) is 20.1. The molecule has 0 aromatic carbocycles. The molecule has 1 saturated heterocycles. The first kappa shape index (κ1) is 13.3. The first-order valence-electron chi connectivity index (χ1n) is 6.44. The number of nitrogens with zero attached hydrogens (tertiary/aromatic N) is 4. The monoisotopic (exact) mass is 258 g/mol. The third-order valence-corrected chi connectivity index (χ3v) is 3.41. The van der Waals surface area contributed by atoms with Crippen molar-refractivity contribution in [2.45, 2.75) is 12.8 Å². The van der Waals surface area contributed by atoms with E-state index in [2.05, 4.69) is 16.0 Å². The van der Waals surface area contributed by atoms with Crippen LogP contribution in [0.2, 0.25) is 0 Å². The molecular weight excluding hydrogens is 240 g/mol. The van der Waals surface area contributed by atoms with Crippen LogP contribution in [0.15, 0.2) is 18.3 Å². The number of anilines is 1. The van der Waals surface area contributed by atoms with Gasteiger partial charge in [-0.2, -0.15) is 5.26 Å². The third kappa shape index (κ3) is 3.02. The number of carbonyl (C=O) groups is 1. The fourth-order valence-electron chi connectivity index (χ4n) is 2.39. The van der Waals surface area contributed by atoms with Crippen LogP contribution in [0.1, 0.15) is 18.4 Å². The molecule has 0 N–H and O–H groups in total. The van der Waals surface area contributed by atoms with Gasteiger partial charge in [0.05, 0.1) is 11.5 Å². The Morgan fingerprint density at radius 3 is 2.89 bits per heavy atom. The molecule has 1 aromatic heterocycles. The maximum Gasteiger partial charge on any atom is 0.226 e. The van der Waals surface area contributed by atoms with Crippen molar-refractivity contribution in [3.63, 3.8) is 0 Å². The van der Waals surface area contributed by atoms with E-state index in [0.717, 1.165) is 25.2 Å². The van der Waals surface area contributed by atoms with E-state index in [4.69, 9.17) is 5.26 Å². The molecule has 5 nitrogen and oxygen atoms in total. The first-order chi connectivity index (χ1) is 9.11. The molecule has 1 amide bonds. The molecule has 1 aliphatic heterocycles. The lowest BCUT2D eigenvalue weighted by Gasteiger charge is -2.33. The largest absolute Gasteiger partial charge is 0.356 e. The number of rotatable bonds is 2. The maximum absolute atomic E-state index is 12.0. The van der Waals surface area contributed by atoms with Gasteiger partial charge in [0, 0.05) is 33.4 Å². The maximum atomic E-state index is 12.0. The van der Waals surface area contributed by atoms with E-state index >= 15 is 0 Å². The Morgan fingerprint density at radius 2 is 2.32 bits per heavy atom. The molecule has 0 radical (unpaired) electrons. The predicted molar refractivity (Wildman–Crippen MR) is 72.6 cm³/mol. The molecule has 1 aliphatic rings. The van der Waals surface area contributed by atoms with Gasteiger partial charge in [0.25, 0.3) is 0 Å². The quantitative estimate of drug-likeness (QED) is 0.801. The first-order valence-corrected chi connectivity index (χ1v) is 6.44. The van der Waals surface area contributed by atoms with Crippen molar-refractivity contribution in [3.8, 4) is 6.07 Å². The van der Waals surface area contributed by atoms with E-state index in [-0.39, 0.29) is 11.8 Å². The van der Waals surface area contributed by atoms with Crippen molar-refractivity contribution in [2.75, 3.05) is 32.1 Å². The Balaban J connectivity index is 2.08. The highest BCUT2D eigenvalue weighted by atomic mass is 16.2. The standard InChI is InChI=1S/C14H18N4O/c1-17(2)14(19)12-4-3-7-18(10-12)13-6-5-11(8-15)9-16-13/h5-6,9,12H,3-4,7,10H2,1-2H3. The summed E-state index contributed by atoms with van der Waals surface area (Å²) in [6.45, 7) is 1.62. The molecule has 0 spiro atoms. The van der Waals surface area contributed by atoms with Crippen molar-refractivity contribution in [1.82, 2.24) is 9.88 Å². The smallest absolute Gasteiger partial charge is 0.226 e. The number of piperidine rings is 1. The minimum atomic E-state index is 0.0428. The zero-order chi connectivity index (χ0) is 13.8. The molecule has 0 saturated carbocycles. The van der Waals surface area contributed by atoms with E-state index in [0.29, 0.717) is 12.1 Å². The molecule has 1 atom stereocenters. The summed E-state index contributed by atoms with van der Waals surface area (Å²) < 4.78 is 0. The average Bonchev–Trinajstić information content (AvgIpc) is 2.46. The number of carbonyl (C=O) groups excluding carboxylic acids is 1. The molecule has 0 bridgehead atoms. The van der Waals surface area contributed by atoms with Crippen molar-refractivity contribution in [3.05, 3.63) is 23.9 Å². The Bertz CT molecular complexity index is 489. The normalized spacial score (nSPS) is 18.8. The van der Waals surface area contributed by atoms with Crippen molar-refractivity contribution < 1.29 is 4.79 Å². The summed E-state index contributed by atoms with van der Waals surface area (Å²) in [5, 5.41) is 8.76. The molecule has 2 rings (SSSR count). The van der Waals surface area contributed by atoms with Crippen molar-refractivity contribution in [2.24, 2.45) is 5.92 Å². The van der Waals surface area contributed by atoms with Gasteiger partial charge in [0.2, 0.25) is 5.91 Å². The Kier molecular flexibility index (Phi) is 4.00. The summed E-state index contributed by atoms with van der Waals surface area (Å²) >= 11 is 0. The summed E-state index contributed by atoms with van der Waals surface area (Å²) in [6.07, 6.45) is 3.50. The van der Waals surface area contributed by atoms with Crippen LogP contribution in [-0.4, -0.2) is 43.0 Å². The topological polar surface area (TPSA) is 60.2 Å². The van der Waals surface area contributed by atoms with Gasteiger partial charge in [-0.1, -0.05) is 0 Å². The van der Waals surface area contributed by atoms with Gasteiger partial charge in [-0.15, -0.1) is 0 Å². The van der Waals surface area contributed by atoms with Crippen LogP contribution in [0.3, 0.4) is 0 Å². The van der Waals surface area contributed by atoms with Crippen molar-refractivity contribution in [1.29, 1.82) is 5.26 Å². The Morgan fingerprint density at radius 1 is 1.53 bits per heavy atom. The third-order valence-electron chi connectivity index (χ3n) is 3.41. The van der Waals surface area contributed by atoms with Crippen LogP contribution >= 0.6 is 0 Å². The molecule has 19 heavy (non-hydrogen) atoms. The summed E-state index contributed by atoms with van der Waals surface area (Å²) in [6, 6.07) is 5.67. The van der Waals surface area contributed by atoms with E-state index in [9.17, 15) is 4.79 Å². The Labute approximate surface area is 113 Å². The van der Waals surface area contributed by atoms with Crippen LogP contribution in [0.4, 0.5) is 5.82 Å². The summed E-state index contributed by atoms with van der Waals surface area (Å²) in [5.41, 5.74) is 0.557. The van der Waals surface area contributed by atoms with Gasteiger partial charge in [-0.3, -0.25) is 4.79 Å². The van der Waals surface area contributed by atoms with Gasteiger partial charge < -0.3 is 9.80 Å². The van der Waals surface area contributed by atoms with E-state index in [1.807, 2.05) is 6.07 Å². The minimum Gasteiger partial charge on any atom is -0.356 e. The van der Waals surface area contributed by atoms with E-state index in [1.165, 1.54) is 0 Å². The van der Waals surface area contributed by atoms with Gasteiger partial charge in [0.15, 0.2) is 0 Å². The molecule has 1 fully saturated rings. The summed E-state index contributed by atoms with van der Waals surface area (Å²) in [5.74, 6) is 1.06. The number of hydrogen-bond acceptors (Lipinski definition) is 4. The second-order valence-corrected chi connectivity index (χ2v) is 5.03. The molecule has 2 heterocycles. The van der Waals surface area contributed by atoms with Crippen LogP contribution in [0, 0.1) is 17.2 Å². The second kappa shape index (κ2) is 5.70. The van der Waals surface area contributed by atoms with E-state index < -0.39 is 0 Å². The molecule has 100 valence electrons. The van der Waals surface area contributed by atoms with Gasteiger partial charge in [-0.25, -0.2) is 4.98 Å².